The number of halogens is 3. The van der Waals surface area contributed by atoms with Crippen molar-refractivity contribution in [2.24, 2.45) is 0 Å². The van der Waals surface area contributed by atoms with Crippen molar-refractivity contribution < 1.29 is 23.2 Å². The van der Waals surface area contributed by atoms with Gasteiger partial charge in [-0.05, 0) is 24.3 Å². The molecular formula is C13H9F3N2O3. The van der Waals surface area contributed by atoms with Crippen molar-refractivity contribution in [2.45, 2.75) is 6.18 Å². The number of aromatic hydroxyl groups is 1. The molecule has 21 heavy (non-hydrogen) atoms. The SMILES string of the molecule is Nc1ccc(-c2ccc(C(F)(F)F)cc2[N+](=O)[O-])c(O)c1. The molecule has 0 saturated carbocycles. The predicted octanol–water partition coefficient (Wildman–Crippen LogP) is 3.57. The Morgan fingerprint density at radius 1 is 1.10 bits per heavy atom. The maximum atomic E-state index is 12.6. The first-order valence-corrected chi connectivity index (χ1v) is 5.64. The van der Waals surface area contributed by atoms with Crippen LogP contribution in [-0.4, -0.2) is 10.0 Å². The lowest BCUT2D eigenvalue weighted by molar-refractivity contribution is -0.384. The summed E-state index contributed by atoms with van der Waals surface area (Å²) in [6.07, 6.45) is -4.69. The van der Waals surface area contributed by atoms with E-state index < -0.39 is 22.4 Å². The first-order valence-electron chi connectivity index (χ1n) is 5.64. The molecule has 0 aliphatic rings. The van der Waals surface area contributed by atoms with E-state index in [1.54, 1.807) is 0 Å². The van der Waals surface area contributed by atoms with E-state index >= 15 is 0 Å². The minimum Gasteiger partial charge on any atom is -0.507 e. The summed E-state index contributed by atoms with van der Waals surface area (Å²) >= 11 is 0. The molecule has 0 atom stereocenters. The van der Waals surface area contributed by atoms with Crippen molar-refractivity contribution in [1.29, 1.82) is 0 Å². The number of phenols is 1. The predicted molar refractivity (Wildman–Crippen MR) is 69.6 cm³/mol. The third-order valence-electron chi connectivity index (χ3n) is 2.83. The summed E-state index contributed by atoms with van der Waals surface area (Å²) in [6.45, 7) is 0. The van der Waals surface area contributed by atoms with Crippen molar-refractivity contribution in [3.05, 3.63) is 52.1 Å². The zero-order chi connectivity index (χ0) is 15.8. The van der Waals surface area contributed by atoms with Crippen LogP contribution in [0.5, 0.6) is 5.75 Å². The average Bonchev–Trinajstić information content (AvgIpc) is 2.37. The van der Waals surface area contributed by atoms with Crippen LogP contribution in [0.25, 0.3) is 11.1 Å². The minimum absolute atomic E-state index is 0.0321. The van der Waals surface area contributed by atoms with E-state index in [2.05, 4.69) is 0 Å². The Morgan fingerprint density at radius 2 is 1.71 bits per heavy atom. The van der Waals surface area contributed by atoms with Crippen LogP contribution in [0, 0.1) is 10.1 Å². The normalized spacial score (nSPS) is 11.4. The second-order valence-corrected chi connectivity index (χ2v) is 4.26. The number of nitrogens with zero attached hydrogens (tertiary/aromatic N) is 1. The van der Waals surface area contributed by atoms with Crippen molar-refractivity contribution in [3.8, 4) is 16.9 Å². The van der Waals surface area contributed by atoms with Gasteiger partial charge in [0.15, 0.2) is 0 Å². The molecule has 0 fully saturated rings. The number of nitro groups is 1. The van der Waals surface area contributed by atoms with Gasteiger partial charge in [0.2, 0.25) is 0 Å². The van der Waals surface area contributed by atoms with Crippen molar-refractivity contribution in [2.75, 3.05) is 5.73 Å². The van der Waals surface area contributed by atoms with Crippen LogP contribution in [0.2, 0.25) is 0 Å². The van der Waals surface area contributed by atoms with E-state index in [4.69, 9.17) is 5.73 Å². The summed E-state index contributed by atoms with van der Waals surface area (Å²) in [6, 6.07) is 5.96. The maximum Gasteiger partial charge on any atom is 0.416 e. The number of nitrogens with two attached hydrogens (primary N) is 1. The molecule has 3 N–H and O–H groups in total. The molecule has 2 aromatic carbocycles. The number of nitrogen functional groups attached to an aromatic ring is 1. The number of benzene rings is 2. The van der Waals surface area contributed by atoms with Crippen LogP contribution < -0.4 is 5.73 Å². The Hall–Kier alpha value is -2.77. The molecule has 0 spiro atoms. The summed E-state index contributed by atoms with van der Waals surface area (Å²) in [5.41, 5.74) is 3.70. The van der Waals surface area contributed by atoms with Gasteiger partial charge in [-0.15, -0.1) is 0 Å². The van der Waals surface area contributed by atoms with E-state index in [0.717, 1.165) is 18.2 Å². The molecule has 0 aliphatic heterocycles. The fourth-order valence-electron chi connectivity index (χ4n) is 1.86. The van der Waals surface area contributed by atoms with Gasteiger partial charge in [-0.2, -0.15) is 13.2 Å². The number of nitro benzene ring substituents is 1. The van der Waals surface area contributed by atoms with Crippen LogP contribution in [0.1, 0.15) is 5.56 Å². The van der Waals surface area contributed by atoms with Gasteiger partial charge in [-0.1, -0.05) is 0 Å². The summed E-state index contributed by atoms with van der Waals surface area (Å²) in [5.74, 6) is -0.349. The van der Waals surface area contributed by atoms with Gasteiger partial charge in [0.1, 0.15) is 5.75 Å². The minimum atomic E-state index is -4.69. The van der Waals surface area contributed by atoms with Gasteiger partial charge in [0.25, 0.3) is 5.69 Å². The lowest BCUT2D eigenvalue weighted by atomic mass is 10.00. The van der Waals surface area contributed by atoms with Gasteiger partial charge in [-0.25, -0.2) is 0 Å². The zero-order valence-corrected chi connectivity index (χ0v) is 10.4. The Labute approximate surface area is 116 Å². The Morgan fingerprint density at radius 3 is 2.24 bits per heavy atom. The molecule has 0 aliphatic carbocycles. The number of hydrogen-bond donors (Lipinski definition) is 2. The highest BCUT2D eigenvalue weighted by atomic mass is 19.4. The number of alkyl halides is 3. The number of anilines is 1. The van der Waals surface area contributed by atoms with Crippen molar-refractivity contribution in [1.82, 2.24) is 0 Å². The highest BCUT2D eigenvalue weighted by molar-refractivity contribution is 5.79. The monoisotopic (exact) mass is 298 g/mol. The first-order chi connectivity index (χ1) is 9.70. The van der Waals surface area contributed by atoms with Gasteiger partial charge < -0.3 is 10.8 Å². The molecule has 2 rings (SSSR count). The summed E-state index contributed by atoms with van der Waals surface area (Å²) in [4.78, 5) is 10.1. The molecule has 0 amide bonds. The standard InChI is InChI=1S/C13H9F3N2O3/c14-13(15,16)7-1-3-9(11(5-7)18(20)21)10-4-2-8(17)6-12(10)19/h1-6,19H,17H2. The molecule has 5 nitrogen and oxygen atoms in total. The van der Waals surface area contributed by atoms with Crippen molar-refractivity contribution >= 4 is 11.4 Å². The van der Waals surface area contributed by atoms with E-state index in [1.165, 1.54) is 12.1 Å². The third-order valence-corrected chi connectivity index (χ3v) is 2.83. The highest BCUT2D eigenvalue weighted by Gasteiger charge is 2.33. The van der Waals surface area contributed by atoms with Gasteiger partial charge in [0.05, 0.1) is 16.1 Å². The number of rotatable bonds is 2. The summed E-state index contributed by atoms with van der Waals surface area (Å²) in [5, 5.41) is 20.7. The molecule has 8 heteroatoms. The van der Waals surface area contributed by atoms with Crippen LogP contribution >= 0.6 is 0 Å². The number of phenolic OH excluding ortho intramolecular Hbond substituents is 1. The van der Waals surface area contributed by atoms with Gasteiger partial charge in [-0.3, -0.25) is 10.1 Å². The Kier molecular flexibility index (Phi) is 3.46. The van der Waals surface area contributed by atoms with E-state index in [0.29, 0.717) is 6.07 Å². The summed E-state index contributed by atoms with van der Waals surface area (Å²) < 4.78 is 37.8. The number of hydrogen-bond acceptors (Lipinski definition) is 4. The molecule has 110 valence electrons. The van der Waals surface area contributed by atoms with Crippen molar-refractivity contribution in [3.63, 3.8) is 0 Å². The fourth-order valence-corrected chi connectivity index (χ4v) is 1.86. The lowest BCUT2D eigenvalue weighted by Crippen LogP contribution is -2.06. The molecule has 0 aromatic heterocycles. The lowest BCUT2D eigenvalue weighted by Gasteiger charge is -2.10. The molecule has 0 heterocycles. The molecule has 0 saturated heterocycles. The van der Waals surface area contributed by atoms with Gasteiger partial charge >= 0.3 is 6.18 Å². The quantitative estimate of drug-likeness (QED) is 0.504. The smallest absolute Gasteiger partial charge is 0.416 e. The Bertz CT molecular complexity index is 714. The van der Waals surface area contributed by atoms with Crippen LogP contribution in [0.3, 0.4) is 0 Å². The molecule has 2 aromatic rings. The van der Waals surface area contributed by atoms with Crippen LogP contribution in [0.15, 0.2) is 36.4 Å². The second kappa shape index (κ2) is 4.97. The Balaban J connectivity index is 2.66. The fraction of sp³-hybridized carbons (Fsp3) is 0.0769. The maximum absolute atomic E-state index is 12.6. The highest BCUT2D eigenvalue weighted by Crippen LogP contribution is 2.40. The van der Waals surface area contributed by atoms with Crippen LogP contribution in [0.4, 0.5) is 24.5 Å². The second-order valence-electron chi connectivity index (χ2n) is 4.26. The van der Waals surface area contributed by atoms with Crippen LogP contribution in [-0.2, 0) is 6.18 Å². The first kappa shape index (κ1) is 14.6. The largest absolute Gasteiger partial charge is 0.507 e. The van der Waals surface area contributed by atoms with E-state index in [1.807, 2.05) is 0 Å². The third kappa shape index (κ3) is 2.88. The van der Waals surface area contributed by atoms with E-state index in [-0.39, 0.29) is 22.6 Å². The summed E-state index contributed by atoms with van der Waals surface area (Å²) in [7, 11) is 0. The zero-order valence-electron chi connectivity index (χ0n) is 10.4. The molecular weight excluding hydrogens is 289 g/mol. The molecule has 0 radical (unpaired) electrons. The topological polar surface area (TPSA) is 89.4 Å². The molecule has 0 unspecified atom stereocenters. The van der Waals surface area contributed by atoms with Gasteiger partial charge in [0, 0.05) is 23.4 Å². The average molecular weight is 298 g/mol. The molecule has 0 bridgehead atoms. The van der Waals surface area contributed by atoms with E-state index in [9.17, 15) is 28.4 Å².